The Morgan fingerprint density at radius 3 is 2.71 bits per heavy atom. The van der Waals surface area contributed by atoms with Gasteiger partial charge >= 0.3 is 0 Å². The van der Waals surface area contributed by atoms with Crippen molar-refractivity contribution in [2.45, 2.75) is 51.8 Å². The summed E-state index contributed by atoms with van der Waals surface area (Å²) in [4.78, 5) is 22.4. The zero-order valence-electron chi connectivity index (χ0n) is 17.2. The minimum Gasteiger partial charge on any atom is -0.315 e. The minimum absolute atomic E-state index is 0.158. The topological polar surface area (TPSA) is 62.6 Å². The Labute approximate surface area is 169 Å². The molecule has 148 valence electrons. The van der Waals surface area contributed by atoms with Crippen molar-refractivity contribution in [3.8, 4) is 11.1 Å². The number of amides is 1. The van der Waals surface area contributed by atoms with Gasteiger partial charge in [-0.05, 0) is 68.5 Å². The number of fused-ring (bicyclic) bond motifs is 1. The van der Waals surface area contributed by atoms with Gasteiger partial charge in [0, 0.05) is 41.9 Å². The smallest absolute Gasteiger partial charge is 0.227 e. The van der Waals surface area contributed by atoms with Crippen LogP contribution < -0.4 is 4.90 Å². The summed E-state index contributed by atoms with van der Waals surface area (Å²) in [5.74, 6) is 0.158. The molecule has 2 aromatic rings. The van der Waals surface area contributed by atoms with Crippen LogP contribution in [-0.2, 0) is 28.6 Å². The molecule has 0 saturated carbocycles. The summed E-state index contributed by atoms with van der Waals surface area (Å²) in [5, 5.41) is 0. The van der Waals surface area contributed by atoms with Crippen LogP contribution in [0.25, 0.3) is 11.1 Å². The largest absolute Gasteiger partial charge is 0.315 e. The van der Waals surface area contributed by atoms with Gasteiger partial charge in [0.15, 0.2) is 0 Å². The first-order valence-electron chi connectivity index (χ1n) is 9.42. The SMILES string of the molecule is Cc1c(CN=CS(=O)C(C)(C)C)cncc1-c1ccc2c(c1)CCC(=O)N2C. The van der Waals surface area contributed by atoms with Crippen LogP contribution >= 0.6 is 0 Å². The fourth-order valence-corrected chi connectivity index (χ4v) is 3.73. The zero-order chi connectivity index (χ0) is 20.5. The maximum absolute atomic E-state index is 12.1. The number of carbonyl (C=O) groups is 1. The molecule has 0 radical (unpaired) electrons. The van der Waals surface area contributed by atoms with Crippen LogP contribution in [0.3, 0.4) is 0 Å². The fraction of sp³-hybridized carbons (Fsp3) is 0.409. The highest BCUT2D eigenvalue weighted by Gasteiger charge is 2.21. The summed E-state index contributed by atoms with van der Waals surface area (Å²) in [6.07, 6.45) is 5.00. The maximum Gasteiger partial charge on any atom is 0.227 e. The van der Waals surface area contributed by atoms with Crippen molar-refractivity contribution < 1.29 is 9.00 Å². The quantitative estimate of drug-likeness (QED) is 0.578. The van der Waals surface area contributed by atoms with Gasteiger partial charge in [-0.25, -0.2) is 0 Å². The Morgan fingerprint density at radius 1 is 1.25 bits per heavy atom. The molecule has 0 bridgehead atoms. The number of anilines is 1. The number of benzene rings is 1. The maximum atomic E-state index is 12.1. The summed E-state index contributed by atoms with van der Waals surface area (Å²) < 4.78 is 11.8. The molecule has 1 unspecified atom stereocenters. The van der Waals surface area contributed by atoms with Crippen LogP contribution in [0.2, 0.25) is 0 Å². The van der Waals surface area contributed by atoms with E-state index in [9.17, 15) is 9.00 Å². The van der Waals surface area contributed by atoms with Crippen LogP contribution in [-0.4, -0.2) is 32.4 Å². The summed E-state index contributed by atoms with van der Waals surface area (Å²) in [6.45, 7) is 8.32. The van der Waals surface area contributed by atoms with E-state index in [0.717, 1.165) is 34.4 Å². The molecule has 1 atom stereocenters. The Balaban J connectivity index is 1.87. The molecule has 1 aliphatic heterocycles. The molecule has 6 heteroatoms. The third-order valence-corrected chi connectivity index (χ3v) is 6.64. The van der Waals surface area contributed by atoms with E-state index in [-0.39, 0.29) is 10.7 Å². The first-order chi connectivity index (χ1) is 13.2. The van der Waals surface area contributed by atoms with Gasteiger partial charge in [-0.3, -0.25) is 19.0 Å². The van der Waals surface area contributed by atoms with Gasteiger partial charge in [-0.15, -0.1) is 0 Å². The zero-order valence-corrected chi connectivity index (χ0v) is 18.0. The van der Waals surface area contributed by atoms with Crippen LogP contribution in [0.1, 0.15) is 43.9 Å². The monoisotopic (exact) mass is 397 g/mol. The molecule has 0 N–H and O–H groups in total. The lowest BCUT2D eigenvalue weighted by Gasteiger charge is -2.26. The number of pyridine rings is 1. The van der Waals surface area contributed by atoms with E-state index in [1.54, 1.807) is 4.90 Å². The number of hydrogen-bond donors (Lipinski definition) is 0. The summed E-state index contributed by atoms with van der Waals surface area (Å²) >= 11 is 0. The second-order valence-electron chi connectivity index (χ2n) is 8.12. The molecule has 5 nitrogen and oxygen atoms in total. The van der Waals surface area contributed by atoms with Crippen LogP contribution in [0, 0.1) is 6.92 Å². The van der Waals surface area contributed by atoms with Crippen LogP contribution in [0.15, 0.2) is 35.6 Å². The number of aromatic nitrogens is 1. The molecule has 0 saturated heterocycles. The van der Waals surface area contributed by atoms with E-state index in [2.05, 4.69) is 23.0 Å². The lowest BCUT2D eigenvalue weighted by molar-refractivity contribution is -0.118. The lowest BCUT2D eigenvalue weighted by Crippen LogP contribution is -2.30. The predicted molar refractivity (Wildman–Crippen MR) is 116 cm³/mol. The average Bonchev–Trinajstić information content (AvgIpc) is 2.65. The molecule has 2 heterocycles. The molecule has 1 amide bonds. The van der Waals surface area contributed by atoms with Crippen molar-refractivity contribution in [1.29, 1.82) is 0 Å². The molecule has 1 aliphatic rings. The van der Waals surface area contributed by atoms with Crippen molar-refractivity contribution in [3.63, 3.8) is 0 Å². The number of aryl methyl sites for hydroxylation is 1. The van der Waals surface area contributed by atoms with E-state index in [4.69, 9.17) is 0 Å². The van der Waals surface area contributed by atoms with Crippen molar-refractivity contribution in [1.82, 2.24) is 4.98 Å². The average molecular weight is 398 g/mol. The molecule has 3 rings (SSSR count). The first-order valence-corrected chi connectivity index (χ1v) is 10.6. The number of rotatable bonds is 4. The fourth-order valence-electron chi connectivity index (χ4n) is 3.20. The van der Waals surface area contributed by atoms with Crippen molar-refractivity contribution in [3.05, 3.63) is 47.3 Å². The van der Waals surface area contributed by atoms with Gasteiger partial charge in [-0.1, -0.05) is 6.07 Å². The van der Waals surface area contributed by atoms with Crippen molar-refractivity contribution in [2.75, 3.05) is 11.9 Å². The van der Waals surface area contributed by atoms with Gasteiger partial charge in [0.2, 0.25) is 5.91 Å². The summed E-state index contributed by atoms with van der Waals surface area (Å²) in [5.41, 5.74) is 8.00. The Hall–Kier alpha value is -2.34. The molecular weight excluding hydrogens is 370 g/mol. The highest BCUT2D eigenvalue weighted by Crippen LogP contribution is 2.33. The van der Waals surface area contributed by atoms with Gasteiger partial charge in [0.05, 0.1) is 22.9 Å². The number of aliphatic imine (C=N–C) groups is 1. The number of hydrogen-bond acceptors (Lipinski definition) is 4. The number of carbonyl (C=O) groups excluding carboxylic acids is 1. The lowest BCUT2D eigenvalue weighted by atomic mass is 9.94. The van der Waals surface area contributed by atoms with Crippen molar-refractivity contribution >= 4 is 27.9 Å². The highest BCUT2D eigenvalue weighted by molar-refractivity contribution is 7.99. The normalized spacial score (nSPS) is 15.8. The van der Waals surface area contributed by atoms with Crippen LogP contribution in [0.5, 0.6) is 0 Å². The minimum atomic E-state index is -1.11. The first kappa shape index (κ1) is 20.4. The third-order valence-electron chi connectivity index (χ3n) is 5.09. The Kier molecular flexibility index (Phi) is 5.79. The molecule has 0 fully saturated rings. The van der Waals surface area contributed by atoms with Gasteiger partial charge in [0.25, 0.3) is 0 Å². The van der Waals surface area contributed by atoms with E-state index < -0.39 is 10.8 Å². The second kappa shape index (κ2) is 7.95. The van der Waals surface area contributed by atoms with Crippen molar-refractivity contribution in [2.24, 2.45) is 4.99 Å². The van der Waals surface area contributed by atoms with E-state index in [0.29, 0.717) is 13.0 Å². The molecule has 0 aliphatic carbocycles. The van der Waals surface area contributed by atoms with E-state index in [1.165, 1.54) is 11.1 Å². The van der Waals surface area contributed by atoms with Crippen LogP contribution in [0.4, 0.5) is 5.69 Å². The molecule has 28 heavy (non-hydrogen) atoms. The van der Waals surface area contributed by atoms with Gasteiger partial charge in [-0.2, -0.15) is 0 Å². The summed E-state index contributed by atoms with van der Waals surface area (Å²) in [6, 6.07) is 6.21. The molecule has 1 aromatic carbocycles. The predicted octanol–water partition coefficient (Wildman–Crippen LogP) is 4.04. The van der Waals surface area contributed by atoms with E-state index in [1.807, 2.05) is 52.3 Å². The second-order valence-corrected chi connectivity index (χ2v) is 10.2. The molecule has 0 spiro atoms. The standard InChI is InChI=1S/C22H27N3O2S/c1-15-18(12-24-14-28(27)22(2,3)4)11-23-13-19(15)16-6-8-20-17(10-16)7-9-21(26)25(20)5/h6,8,10-11,13-14H,7,9,12H2,1-5H3. The third kappa shape index (κ3) is 4.22. The van der Waals surface area contributed by atoms with Gasteiger partial charge < -0.3 is 4.90 Å². The Bertz CT molecular complexity index is 961. The number of nitrogens with zero attached hydrogens (tertiary/aromatic N) is 3. The molecular formula is C22H27N3O2S. The summed E-state index contributed by atoms with van der Waals surface area (Å²) in [7, 11) is 0.715. The van der Waals surface area contributed by atoms with E-state index >= 15 is 0 Å². The highest BCUT2D eigenvalue weighted by atomic mass is 32.2. The Morgan fingerprint density at radius 2 is 2.00 bits per heavy atom. The molecule has 1 aromatic heterocycles. The van der Waals surface area contributed by atoms with Gasteiger partial charge in [0.1, 0.15) is 0 Å².